The van der Waals surface area contributed by atoms with Crippen LogP contribution in [0.4, 0.5) is 4.79 Å². The Bertz CT molecular complexity index is 1170. The van der Waals surface area contributed by atoms with Crippen LogP contribution in [0.15, 0.2) is 27.3 Å². The van der Waals surface area contributed by atoms with Crippen molar-refractivity contribution in [3.63, 3.8) is 0 Å². The molecule has 2 N–H and O–H groups in total. The minimum atomic E-state index is -0.359. The topological polar surface area (TPSA) is 79.5 Å². The predicted octanol–water partition coefficient (Wildman–Crippen LogP) is 5.84. The molecule has 0 bridgehead atoms. The van der Waals surface area contributed by atoms with Gasteiger partial charge >= 0.3 is 6.03 Å². The molecule has 2 aliphatic heterocycles. The maximum Gasteiger partial charge on any atom is 0.314 e. The number of primary amides is 1. The molecule has 1 aromatic carbocycles. The molecule has 9 heteroatoms. The first kappa shape index (κ1) is 26.0. The van der Waals surface area contributed by atoms with Gasteiger partial charge in [-0.3, -0.25) is 9.78 Å². The summed E-state index contributed by atoms with van der Waals surface area (Å²) in [6.07, 6.45) is 8.84. The third-order valence-corrected chi connectivity index (χ3v) is 9.71. The molecule has 0 unspecified atom stereocenters. The van der Waals surface area contributed by atoms with Crippen LogP contribution in [0, 0.1) is 5.92 Å². The molecule has 2 aromatic rings. The van der Waals surface area contributed by atoms with Gasteiger partial charge in [-0.05, 0) is 101 Å². The van der Waals surface area contributed by atoms with Gasteiger partial charge in [0.2, 0.25) is 5.91 Å². The van der Waals surface area contributed by atoms with Gasteiger partial charge in [-0.1, -0.05) is 27.5 Å². The molecule has 3 amide bonds. The molecule has 192 valence electrons. The van der Waals surface area contributed by atoms with Gasteiger partial charge < -0.3 is 15.5 Å². The molecular weight excluding hydrogens is 608 g/mol. The lowest BCUT2D eigenvalue weighted by Crippen LogP contribution is -2.43. The van der Waals surface area contributed by atoms with Crippen molar-refractivity contribution < 1.29 is 9.59 Å². The van der Waals surface area contributed by atoms with Gasteiger partial charge in [0.1, 0.15) is 0 Å². The zero-order valence-corrected chi connectivity index (χ0v) is 24.2. The normalized spacial score (nSPS) is 19.0. The van der Waals surface area contributed by atoms with Crippen molar-refractivity contribution in [1.29, 1.82) is 0 Å². The van der Waals surface area contributed by atoms with Crippen LogP contribution in [0.2, 0.25) is 5.02 Å². The first-order valence-corrected chi connectivity index (χ1v) is 14.7. The molecule has 1 aliphatic carbocycles. The van der Waals surface area contributed by atoms with Gasteiger partial charge in [0.25, 0.3) is 0 Å². The number of carbonyl (C=O) groups excluding carboxylic acids is 2. The number of hydrogen-bond acceptors (Lipinski definition) is 3. The highest BCUT2D eigenvalue weighted by Gasteiger charge is 2.31. The fourth-order valence-corrected chi connectivity index (χ4v) is 7.79. The second kappa shape index (κ2) is 11.0. The van der Waals surface area contributed by atoms with Gasteiger partial charge in [-0.2, -0.15) is 0 Å². The molecule has 2 saturated heterocycles. The number of piperidine rings is 2. The second-order valence-corrected chi connectivity index (χ2v) is 12.4. The monoisotopic (exact) mass is 636 g/mol. The van der Waals surface area contributed by atoms with E-state index in [1.165, 1.54) is 22.3 Å². The maximum absolute atomic E-state index is 13.0. The van der Waals surface area contributed by atoms with Gasteiger partial charge in [0.15, 0.2) is 0 Å². The van der Waals surface area contributed by atoms with E-state index >= 15 is 0 Å². The maximum atomic E-state index is 13.0. The largest absolute Gasteiger partial charge is 0.351 e. The Kier molecular flexibility index (Phi) is 7.94. The Morgan fingerprint density at radius 1 is 0.972 bits per heavy atom. The average molecular weight is 639 g/mol. The van der Waals surface area contributed by atoms with Crippen LogP contribution >= 0.6 is 43.5 Å². The summed E-state index contributed by atoms with van der Waals surface area (Å²) in [6.45, 7) is 2.88. The zero-order valence-electron chi connectivity index (χ0n) is 20.2. The summed E-state index contributed by atoms with van der Waals surface area (Å²) in [7, 11) is 0. The van der Waals surface area contributed by atoms with Crippen LogP contribution in [0.25, 0.3) is 0 Å². The van der Waals surface area contributed by atoms with Crippen LogP contribution in [-0.4, -0.2) is 52.9 Å². The molecular formula is C27H31Br2ClN4O2. The smallest absolute Gasteiger partial charge is 0.314 e. The number of halogens is 3. The number of aryl methyl sites for hydroxylation is 1. The zero-order chi connectivity index (χ0) is 25.4. The Morgan fingerprint density at radius 2 is 1.67 bits per heavy atom. The molecule has 5 rings (SSSR count). The first-order valence-electron chi connectivity index (χ1n) is 12.7. The second-order valence-electron chi connectivity index (χ2n) is 10.3. The molecule has 36 heavy (non-hydrogen) atoms. The Hall–Kier alpha value is -1.64. The highest BCUT2D eigenvalue weighted by molar-refractivity contribution is 9.10. The molecule has 3 heterocycles. The third kappa shape index (κ3) is 5.46. The third-order valence-electron chi connectivity index (χ3n) is 8.15. The lowest BCUT2D eigenvalue weighted by molar-refractivity contribution is -0.133. The number of nitrogens with zero attached hydrogens (tertiary/aromatic N) is 3. The summed E-state index contributed by atoms with van der Waals surface area (Å²) < 4.78 is 2.13. The van der Waals surface area contributed by atoms with E-state index in [2.05, 4.69) is 37.9 Å². The van der Waals surface area contributed by atoms with Crippen molar-refractivity contribution in [2.45, 2.75) is 57.3 Å². The van der Waals surface area contributed by atoms with Crippen LogP contribution in [0.3, 0.4) is 0 Å². The first-order chi connectivity index (χ1) is 17.3. The summed E-state index contributed by atoms with van der Waals surface area (Å²) in [4.78, 5) is 32.9. The van der Waals surface area contributed by atoms with E-state index in [0.717, 1.165) is 77.7 Å². The summed E-state index contributed by atoms with van der Waals surface area (Å²) in [5.74, 6) is 0.994. The highest BCUT2D eigenvalue weighted by atomic mass is 79.9. The lowest BCUT2D eigenvalue weighted by Gasteiger charge is -2.36. The molecule has 0 saturated carbocycles. The fourth-order valence-electron chi connectivity index (χ4n) is 6.11. The summed E-state index contributed by atoms with van der Waals surface area (Å²) >= 11 is 13.9. The Labute approximate surface area is 234 Å². The number of rotatable bonds is 3. The van der Waals surface area contributed by atoms with Crippen LogP contribution in [0.5, 0.6) is 0 Å². The van der Waals surface area contributed by atoms with E-state index in [1.807, 2.05) is 17.2 Å². The number of hydrogen-bond donors (Lipinski definition) is 1. The van der Waals surface area contributed by atoms with E-state index in [1.54, 1.807) is 4.90 Å². The number of nitrogens with two attached hydrogens (primary N) is 1. The average Bonchev–Trinajstić information content (AvgIpc) is 3.04. The quantitative estimate of drug-likeness (QED) is 0.459. The number of amides is 3. The number of carbonyl (C=O) groups is 2. The lowest BCUT2D eigenvalue weighted by atomic mass is 9.84. The van der Waals surface area contributed by atoms with E-state index in [-0.39, 0.29) is 11.9 Å². The van der Waals surface area contributed by atoms with E-state index in [9.17, 15) is 9.59 Å². The fraction of sp³-hybridized carbons (Fsp3) is 0.519. The van der Waals surface area contributed by atoms with Crippen molar-refractivity contribution in [1.82, 2.24) is 14.8 Å². The molecule has 6 nitrogen and oxygen atoms in total. The van der Waals surface area contributed by atoms with Crippen LogP contribution < -0.4 is 5.73 Å². The van der Waals surface area contributed by atoms with Crippen molar-refractivity contribution in [3.8, 4) is 0 Å². The SMILES string of the molecule is NC(=O)N1CCC(CC(=O)N2CCC(c3c(Br)cnc4c3CCc3cc(Cl)cc(Br)c3C4)CC2)CC1. The number of aromatic nitrogens is 1. The van der Waals surface area contributed by atoms with Gasteiger partial charge in [-0.25, -0.2) is 4.79 Å². The van der Waals surface area contributed by atoms with Crippen molar-refractivity contribution in [3.05, 3.63) is 60.2 Å². The molecule has 0 spiro atoms. The number of likely N-dealkylation sites (tertiary alicyclic amines) is 2. The standard InChI is InChI=1S/C27H31Br2ClN4O2/c28-22-13-19(30)12-18-1-2-20-24(14-21(18)22)32-15-23(29)26(20)17-5-9-33(10-6-17)25(35)11-16-3-7-34(8-4-16)27(31)36/h12-13,15-17H,1-11,14H2,(H2,31,36). The minimum absolute atomic E-state index is 0.246. The van der Waals surface area contributed by atoms with Crippen molar-refractivity contribution >= 4 is 55.4 Å². The summed E-state index contributed by atoms with van der Waals surface area (Å²) in [6, 6.07) is 3.70. The van der Waals surface area contributed by atoms with Gasteiger partial charge in [0, 0.05) is 64.9 Å². The van der Waals surface area contributed by atoms with Gasteiger partial charge in [0.05, 0.1) is 0 Å². The number of benzene rings is 1. The predicted molar refractivity (Wildman–Crippen MR) is 148 cm³/mol. The highest BCUT2D eigenvalue weighted by Crippen LogP contribution is 2.40. The van der Waals surface area contributed by atoms with Crippen LogP contribution in [0.1, 0.15) is 66.0 Å². The van der Waals surface area contributed by atoms with E-state index < -0.39 is 0 Å². The van der Waals surface area contributed by atoms with E-state index in [4.69, 9.17) is 22.3 Å². The molecule has 3 aliphatic rings. The number of fused-ring (bicyclic) bond motifs is 2. The molecule has 0 atom stereocenters. The Balaban J connectivity index is 1.24. The van der Waals surface area contributed by atoms with Crippen LogP contribution in [-0.2, 0) is 24.1 Å². The van der Waals surface area contributed by atoms with Gasteiger partial charge in [-0.15, -0.1) is 0 Å². The minimum Gasteiger partial charge on any atom is -0.351 e. The summed E-state index contributed by atoms with van der Waals surface area (Å²) in [5, 5.41) is 0.761. The Morgan fingerprint density at radius 3 is 2.36 bits per heavy atom. The summed E-state index contributed by atoms with van der Waals surface area (Å²) in [5.41, 5.74) is 11.8. The molecule has 2 fully saturated rings. The number of pyridine rings is 1. The van der Waals surface area contributed by atoms with Crippen molar-refractivity contribution in [2.24, 2.45) is 11.7 Å². The molecule has 0 radical (unpaired) electrons. The molecule has 1 aromatic heterocycles. The van der Waals surface area contributed by atoms with Crippen molar-refractivity contribution in [2.75, 3.05) is 26.2 Å². The number of urea groups is 1. The van der Waals surface area contributed by atoms with E-state index in [0.29, 0.717) is 31.3 Å².